The third kappa shape index (κ3) is 7.09. The number of nitrogens with zero attached hydrogens (tertiary/aromatic N) is 1. The van der Waals surface area contributed by atoms with Crippen molar-refractivity contribution in [1.29, 1.82) is 0 Å². The SMILES string of the molecule is COc1ccc(CCNC(=O)CCN(C(C)c2ccccc2)S(=O)(=O)c2ccc(Br)cc2)cc1OC. The molecule has 0 aliphatic carbocycles. The van der Waals surface area contributed by atoms with Crippen LogP contribution in [-0.2, 0) is 21.2 Å². The lowest BCUT2D eigenvalue weighted by Crippen LogP contribution is -2.37. The molecule has 0 aliphatic rings. The van der Waals surface area contributed by atoms with Gasteiger partial charge in [-0.2, -0.15) is 4.31 Å². The summed E-state index contributed by atoms with van der Waals surface area (Å²) in [6, 6.07) is 21.1. The standard InChI is InChI=1S/C27H31BrN2O5S/c1-20(22-7-5-4-6-8-22)30(36(32,33)24-12-10-23(28)11-13-24)18-16-27(31)29-17-15-21-9-14-25(34-2)26(19-21)35-3/h4-14,19-20H,15-18H2,1-3H3,(H,29,31). The van der Waals surface area contributed by atoms with Gasteiger partial charge in [0.2, 0.25) is 15.9 Å². The largest absolute Gasteiger partial charge is 0.493 e. The van der Waals surface area contributed by atoms with Crippen LogP contribution in [0.4, 0.5) is 0 Å². The van der Waals surface area contributed by atoms with Crippen molar-refractivity contribution >= 4 is 31.9 Å². The van der Waals surface area contributed by atoms with E-state index in [1.165, 1.54) is 4.31 Å². The Kier molecular flexibility index (Phi) is 9.92. The number of nitrogens with one attached hydrogen (secondary N) is 1. The van der Waals surface area contributed by atoms with Crippen LogP contribution in [-0.4, -0.2) is 45.9 Å². The van der Waals surface area contributed by atoms with Gasteiger partial charge in [0.25, 0.3) is 0 Å². The number of halogens is 1. The number of ether oxygens (including phenoxy) is 2. The first kappa shape index (κ1) is 27.7. The van der Waals surface area contributed by atoms with E-state index in [4.69, 9.17) is 9.47 Å². The molecule has 3 aromatic rings. The van der Waals surface area contributed by atoms with Gasteiger partial charge in [0, 0.05) is 30.0 Å². The molecule has 3 rings (SSSR count). The van der Waals surface area contributed by atoms with Gasteiger partial charge in [-0.3, -0.25) is 4.79 Å². The van der Waals surface area contributed by atoms with E-state index in [0.29, 0.717) is 24.5 Å². The topological polar surface area (TPSA) is 84.9 Å². The van der Waals surface area contributed by atoms with Crippen LogP contribution >= 0.6 is 15.9 Å². The van der Waals surface area contributed by atoms with Gasteiger partial charge in [0.15, 0.2) is 11.5 Å². The van der Waals surface area contributed by atoms with Crippen LogP contribution < -0.4 is 14.8 Å². The first-order valence-corrected chi connectivity index (χ1v) is 13.8. The maximum Gasteiger partial charge on any atom is 0.243 e. The van der Waals surface area contributed by atoms with E-state index in [-0.39, 0.29) is 23.8 Å². The van der Waals surface area contributed by atoms with E-state index >= 15 is 0 Å². The molecule has 9 heteroatoms. The molecule has 0 saturated carbocycles. The maximum absolute atomic E-state index is 13.5. The molecular weight excluding hydrogens is 544 g/mol. The monoisotopic (exact) mass is 574 g/mol. The number of benzene rings is 3. The number of carbonyl (C=O) groups excluding carboxylic acids is 1. The Morgan fingerprint density at radius 2 is 1.64 bits per heavy atom. The molecule has 192 valence electrons. The van der Waals surface area contributed by atoms with E-state index in [9.17, 15) is 13.2 Å². The quantitative estimate of drug-likeness (QED) is 0.330. The fourth-order valence-electron chi connectivity index (χ4n) is 3.84. The fraction of sp³-hybridized carbons (Fsp3) is 0.296. The zero-order valence-corrected chi connectivity index (χ0v) is 23.0. The molecule has 0 aromatic heterocycles. The van der Waals surface area contributed by atoms with E-state index in [0.717, 1.165) is 15.6 Å². The highest BCUT2D eigenvalue weighted by molar-refractivity contribution is 9.10. The molecule has 1 N–H and O–H groups in total. The lowest BCUT2D eigenvalue weighted by atomic mass is 10.1. The molecule has 3 aromatic carbocycles. The number of amides is 1. The van der Waals surface area contributed by atoms with Gasteiger partial charge in [-0.15, -0.1) is 0 Å². The van der Waals surface area contributed by atoms with E-state index < -0.39 is 16.1 Å². The van der Waals surface area contributed by atoms with Crippen molar-refractivity contribution in [1.82, 2.24) is 9.62 Å². The Balaban J connectivity index is 1.67. The predicted octanol–water partition coefficient (Wildman–Crippen LogP) is 4.97. The van der Waals surface area contributed by atoms with Crippen molar-refractivity contribution in [2.45, 2.75) is 30.7 Å². The summed E-state index contributed by atoms with van der Waals surface area (Å²) in [5.74, 6) is 1.06. The number of hydrogen-bond acceptors (Lipinski definition) is 5. The Morgan fingerprint density at radius 1 is 0.972 bits per heavy atom. The van der Waals surface area contributed by atoms with Crippen LogP contribution in [0.1, 0.15) is 30.5 Å². The van der Waals surface area contributed by atoms with Crippen LogP contribution in [0.2, 0.25) is 0 Å². The number of carbonyl (C=O) groups is 1. The summed E-state index contributed by atoms with van der Waals surface area (Å²) in [6.07, 6.45) is 0.645. The predicted molar refractivity (Wildman–Crippen MR) is 144 cm³/mol. The van der Waals surface area contributed by atoms with Gasteiger partial charge in [0.1, 0.15) is 0 Å². The number of rotatable bonds is 12. The van der Waals surface area contributed by atoms with Gasteiger partial charge in [-0.05, 0) is 60.9 Å². The molecule has 36 heavy (non-hydrogen) atoms. The van der Waals surface area contributed by atoms with Crippen molar-refractivity contribution in [3.8, 4) is 11.5 Å². The van der Waals surface area contributed by atoms with Gasteiger partial charge in [0.05, 0.1) is 19.1 Å². The number of sulfonamides is 1. The molecular formula is C27H31BrN2O5S. The van der Waals surface area contributed by atoms with Crippen molar-refractivity contribution in [3.63, 3.8) is 0 Å². The second-order valence-electron chi connectivity index (χ2n) is 8.20. The number of hydrogen-bond donors (Lipinski definition) is 1. The van der Waals surface area contributed by atoms with Crippen LogP contribution in [0.15, 0.2) is 82.2 Å². The molecule has 1 amide bonds. The Bertz CT molecular complexity index is 1250. The first-order chi connectivity index (χ1) is 17.3. The zero-order valence-electron chi connectivity index (χ0n) is 20.6. The van der Waals surface area contributed by atoms with Crippen LogP contribution in [0, 0.1) is 0 Å². The molecule has 0 fully saturated rings. The lowest BCUT2D eigenvalue weighted by Gasteiger charge is -2.28. The average Bonchev–Trinajstić information content (AvgIpc) is 2.89. The minimum absolute atomic E-state index is 0.0405. The molecule has 0 aliphatic heterocycles. The molecule has 1 unspecified atom stereocenters. The summed E-state index contributed by atoms with van der Waals surface area (Å²) in [5.41, 5.74) is 1.84. The van der Waals surface area contributed by atoms with Crippen molar-refractivity contribution in [2.24, 2.45) is 0 Å². The van der Waals surface area contributed by atoms with Gasteiger partial charge in [-0.25, -0.2) is 8.42 Å². The van der Waals surface area contributed by atoms with Crippen molar-refractivity contribution in [3.05, 3.63) is 88.4 Å². The zero-order chi connectivity index (χ0) is 26.1. The summed E-state index contributed by atoms with van der Waals surface area (Å²) >= 11 is 3.35. The minimum atomic E-state index is -3.83. The summed E-state index contributed by atoms with van der Waals surface area (Å²) in [4.78, 5) is 12.8. The summed E-state index contributed by atoms with van der Waals surface area (Å²) < 4.78 is 39.8. The van der Waals surface area contributed by atoms with Crippen LogP contribution in [0.3, 0.4) is 0 Å². The first-order valence-electron chi connectivity index (χ1n) is 11.6. The van der Waals surface area contributed by atoms with Crippen molar-refractivity contribution < 1.29 is 22.7 Å². The van der Waals surface area contributed by atoms with E-state index in [2.05, 4.69) is 21.2 Å². The molecule has 0 spiro atoms. The maximum atomic E-state index is 13.5. The van der Waals surface area contributed by atoms with E-state index in [1.54, 1.807) is 38.5 Å². The van der Waals surface area contributed by atoms with Gasteiger partial charge < -0.3 is 14.8 Å². The second-order valence-corrected chi connectivity index (χ2v) is 11.0. The third-order valence-corrected chi connectivity index (χ3v) is 8.39. The highest BCUT2D eigenvalue weighted by Crippen LogP contribution is 2.29. The molecule has 0 radical (unpaired) electrons. The third-order valence-electron chi connectivity index (χ3n) is 5.88. The summed E-state index contributed by atoms with van der Waals surface area (Å²) in [7, 11) is -0.675. The average molecular weight is 576 g/mol. The van der Waals surface area contributed by atoms with Gasteiger partial charge >= 0.3 is 0 Å². The fourth-order valence-corrected chi connectivity index (χ4v) is 5.73. The van der Waals surface area contributed by atoms with Crippen LogP contribution in [0.5, 0.6) is 11.5 Å². The van der Waals surface area contributed by atoms with Crippen molar-refractivity contribution in [2.75, 3.05) is 27.3 Å². The molecule has 0 saturated heterocycles. The van der Waals surface area contributed by atoms with Crippen LogP contribution in [0.25, 0.3) is 0 Å². The lowest BCUT2D eigenvalue weighted by molar-refractivity contribution is -0.121. The van der Waals surface area contributed by atoms with Gasteiger partial charge in [-0.1, -0.05) is 52.3 Å². The van der Waals surface area contributed by atoms with E-state index in [1.807, 2.05) is 55.5 Å². The Labute approximate surface area is 221 Å². The summed E-state index contributed by atoms with van der Waals surface area (Å²) in [6.45, 7) is 2.30. The minimum Gasteiger partial charge on any atom is -0.493 e. The Morgan fingerprint density at radius 3 is 2.28 bits per heavy atom. The molecule has 0 heterocycles. The normalized spacial score (nSPS) is 12.2. The highest BCUT2D eigenvalue weighted by atomic mass is 79.9. The molecule has 7 nitrogen and oxygen atoms in total. The Hall–Kier alpha value is -2.88. The smallest absolute Gasteiger partial charge is 0.243 e. The molecule has 1 atom stereocenters. The highest BCUT2D eigenvalue weighted by Gasteiger charge is 2.30. The second kappa shape index (κ2) is 12.9. The molecule has 0 bridgehead atoms. The summed E-state index contributed by atoms with van der Waals surface area (Å²) in [5, 5.41) is 2.89. The number of methoxy groups -OCH3 is 2.